The van der Waals surface area contributed by atoms with E-state index in [2.05, 4.69) is 42.1 Å². The maximum Gasteiger partial charge on any atom is 0.248 e. The first-order valence-corrected chi connectivity index (χ1v) is 11.1. The van der Waals surface area contributed by atoms with E-state index in [1.165, 1.54) is 6.08 Å². The van der Waals surface area contributed by atoms with E-state index in [1.54, 1.807) is 20.1 Å². The van der Waals surface area contributed by atoms with E-state index >= 15 is 0 Å². The van der Waals surface area contributed by atoms with Crippen LogP contribution in [0.2, 0.25) is 0 Å². The van der Waals surface area contributed by atoms with Crippen LogP contribution in [0.5, 0.6) is 5.75 Å². The minimum atomic E-state index is -0.233. The number of piperazine rings is 1. The lowest BCUT2D eigenvalue weighted by Gasteiger charge is -2.36. The van der Waals surface area contributed by atoms with Gasteiger partial charge in [-0.25, -0.2) is 0 Å². The van der Waals surface area contributed by atoms with Gasteiger partial charge in [0.15, 0.2) is 0 Å². The zero-order chi connectivity index (χ0) is 21.7. The Hall–Kier alpha value is -2.32. The Balaban J connectivity index is 1.73. The van der Waals surface area contributed by atoms with Crippen molar-refractivity contribution in [1.29, 1.82) is 0 Å². The summed E-state index contributed by atoms with van der Waals surface area (Å²) >= 11 is 6.92. The molecule has 0 bridgehead atoms. The van der Waals surface area contributed by atoms with Gasteiger partial charge in [-0.3, -0.25) is 9.59 Å². The standard InChI is InChI=1S/C22H23Br2N3O3/c1-15(28)26-9-11-27(12-10-26)20-6-4-3-5-19(20)25-21(29)8-7-16-13-17(23)14-18(24)22(16)30-2/h3-8,13-14H,9-12H2,1-2H3,(H,25,29)/b8-7+. The smallest absolute Gasteiger partial charge is 0.248 e. The Morgan fingerprint density at radius 2 is 1.80 bits per heavy atom. The van der Waals surface area contributed by atoms with Crippen LogP contribution in [-0.2, 0) is 9.59 Å². The molecule has 2 aromatic rings. The molecular formula is C22H23Br2N3O3. The van der Waals surface area contributed by atoms with Crippen molar-refractivity contribution in [1.82, 2.24) is 4.90 Å². The number of hydrogen-bond donors (Lipinski definition) is 1. The maximum atomic E-state index is 12.6. The number of amides is 2. The van der Waals surface area contributed by atoms with Gasteiger partial charge >= 0.3 is 0 Å². The van der Waals surface area contributed by atoms with Crippen LogP contribution in [-0.4, -0.2) is 50.0 Å². The van der Waals surface area contributed by atoms with Gasteiger partial charge in [0.2, 0.25) is 11.8 Å². The molecule has 1 aliphatic heterocycles. The van der Waals surface area contributed by atoms with Gasteiger partial charge in [0, 0.05) is 49.2 Å². The lowest BCUT2D eigenvalue weighted by atomic mass is 10.2. The summed E-state index contributed by atoms with van der Waals surface area (Å²) in [5, 5.41) is 2.97. The molecular weight excluding hydrogens is 514 g/mol. The van der Waals surface area contributed by atoms with Crippen LogP contribution in [0.1, 0.15) is 12.5 Å². The molecule has 0 atom stereocenters. The molecule has 1 heterocycles. The van der Waals surface area contributed by atoms with Crippen molar-refractivity contribution in [2.75, 3.05) is 43.5 Å². The molecule has 2 amide bonds. The highest BCUT2D eigenvalue weighted by molar-refractivity contribution is 9.11. The predicted molar refractivity (Wildman–Crippen MR) is 127 cm³/mol. The van der Waals surface area contributed by atoms with Crippen molar-refractivity contribution in [2.24, 2.45) is 0 Å². The highest BCUT2D eigenvalue weighted by Crippen LogP contribution is 2.33. The third kappa shape index (κ3) is 5.43. The number of halogens is 2. The second-order valence-electron chi connectivity index (χ2n) is 6.84. The van der Waals surface area contributed by atoms with Gasteiger partial charge in [-0.05, 0) is 46.3 Å². The third-order valence-electron chi connectivity index (χ3n) is 4.88. The second kappa shape index (κ2) is 10.1. The fraction of sp³-hybridized carbons (Fsp3) is 0.273. The Morgan fingerprint density at radius 1 is 1.10 bits per heavy atom. The minimum absolute atomic E-state index is 0.0935. The fourth-order valence-corrected chi connectivity index (χ4v) is 4.80. The van der Waals surface area contributed by atoms with Crippen LogP contribution in [0, 0.1) is 0 Å². The zero-order valence-corrected chi connectivity index (χ0v) is 20.0. The molecule has 0 aliphatic carbocycles. The molecule has 158 valence electrons. The number of rotatable bonds is 5. The normalized spacial score (nSPS) is 14.1. The summed E-state index contributed by atoms with van der Waals surface area (Å²) in [4.78, 5) is 28.2. The van der Waals surface area contributed by atoms with Crippen LogP contribution < -0.4 is 15.0 Å². The average molecular weight is 537 g/mol. The summed E-state index contributed by atoms with van der Waals surface area (Å²) in [6.07, 6.45) is 3.21. The summed E-state index contributed by atoms with van der Waals surface area (Å²) in [5.74, 6) is 0.518. The van der Waals surface area contributed by atoms with Crippen molar-refractivity contribution in [3.05, 3.63) is 57.0 Å². The Labute approximate surface area is 193 Å². The summed E-state index contributed by atoms with van der Waals surface area (Å²) in [6.45, 7) is 4.40. The molecule has 1 aliphatic rings. The van der Waals surface area contributed by atoms with Gasteiger partial charge in [-0.1, -0.05) is 28.1 Å². The second-order valence-corrected chi connectivity index (χ2v) is 8.61. The Kier molecular flexibility index (Phi) is 7.55. The molecule has 3 rings (SSSR count). The number of ether oxygens (including phenoxy) is 1. The van der Waals surface area contributed by atoms with Crippen LogP contribution in [0.25, 0.3) is 6.08 Å². The van der Waals surface area contributed by atoms with Crippen molar-refractivity contribution < 1.29 is 14.3 Å². The monoisotopic (exact) mass is 535 g/mol. The number of hydrogen-bond acceptors (Lipinski definition) is 4. The average Bonchev–Trinajstić information content (AvgIpc) is 2.72. The molecule has 0 aromatic heterocycles. The predicted octanol–water partition coefficient (Wildman–Crippen LogP) is 4.54. The van der Waals surface area contributed by atoms with Crippen molar-refractivity contribution >= 4 is 61.1 Å². The molecule has 30 heavy (non-hydrogen) atoms. The quantitative estimate of drug-likeness (QED) is 0.570. The number of para-hydroxylation sites is 2. The van der Waals surface area contributed by atoms with Gasteiger partial charge in [-0.2, -0.15) is 0 Å². The number of nitrogens with zero attached hydrogens (tertiary/aromatic N) is 2. The molecule has 1 N–H and O–H groups in total. The Bertz CT molecular complexity index is 970. The Morgan fingerprint density at radius 3 is 2.47 bits per heavy atom. The van der Waals surface area contributed by atoms with Gasteiger partial charge < -0.3 is 19.9 Å². The zero-order valence-electron chi connectivity index (χ0n) is 16.8. The van der Waals surface area contributed by atoms with Gasteiger partial charge in [0.1, 0.15) is 5.75 Å². The van der Waals surface area contributed by atoms with E-state index < -0.39 is 0 Å². The van der Waals surface area contributed by atoms with Gasteiger partial charge in [-0.15, -0.1) is 0 Å². The lowest BCUT2D eigenvalue weighted by Crippen LogP contribution is -2.48. The lowest BCUT2D eigenvalue weighted by molar-refractivity contribution is -0.129. The van der Waals surface area contributed by atoms with E-state index in [0.29, 0.717) is 18.8 Å². The number of nitrogens with one attached hydrogen (secondary N) is 1. The molecule has 0 radical (unpaired) electrons. The van der Waals surface area contributed by atoms with E-state index in [1.807, 2.05) is 41.3 Å². The summed E-state index contributed by atoms with van der Waals surface area (Å²) < 4.78 is 7.10. The molecule has 6 nitrogen and oxygen atoms in total. The van der Waals surface area contributed by atoms with Crippen LogP contribution in [0.15, 0.2) is 51.4 Å². The SMILES string of the molecule is COc1c(Br)cc(Br)cc1/C=C/C(=O)Nc1ccccc1N1CCN(C(C)=O)CC1. The largest absolute Gasteiger partial charge is 0.495 e. The van der Waals surface area contributed by atoms with Crippen molar-refractivity contribution in [3.63, 3.8) is 0 Å². The van der Waals surface area contributed by atoms with Gasteiger partial charge in [0.05, 0.1) is 23.0 Å². The first-order chi connectivity index (χ1) is 14.4. The van der Waals surface area contributed by atoms with E-state index in [4.69, 9.17) is 4.74 Å². The minimum Gasteiger partial charge on any atom is -0.495 e. The maximum absolute atomic E-state index is 12.6. The number of methoxy groups -OCH3 is 1. The fourth-order valence-electron chi connectivity index (χ4n) is 3.38. The molecule has 0 saturated carbocycles. The first kappa shape index (κ1) is 22.4. The summed E-state index contributed by atoms with van der Waals surface area (Å²) in [6, 6.07) is 11.5. The molecule has 2 aromatic carbocycles. The van der Waals surface area contributed by atoms with E-state index in [0.717, 1.165) is 39.0 Å². The molecule has 1 fully saturated rings. The molecule has 1 saturated heterocycles. The molecule has 8 heteroatoms. The third-order valence-corrected chi connectivity index (χ3v) is 5.93. The highest BCUT2D eigenvalue weighted by Gasteiger charge is 2.20. The molecule has 0 spiro atoms. The van der Waals surface area contributed by atoms with E-state index in [-0.39, 0.29) is 11.8 Å². The first-order valence-electron chi connectivity index (χ1n) is 9.50. The number of carbonyl (C=O) groups excluding carboxylic acids is 2. The summed E-state index contributed by atoms with van der Waals surface area (Å²) in [7, 11) is 1.59. The van der Waals surface area contributed by atoms with E-state index in [9.17, 15) is 9.59 Å². The van der Waals surface area contributed by atoms with Crippen molar-refractivity contribution in [2.45, 2.75) is 6.92 Å². The van der Waals surface area contributed by atoms with Gasteiger partial charge in [0.25, 0.3) is 0 Å². The van der Waals surface area contributed by atoms with Crippen LogP contribution in [0.4, 0.5) is 11.4 Å². The molecule has 0 unspecified atom stereocenters. The van der Waals surface area contributed by atoms with Crippen LogP contribution >= 0.6 is 31.9 Å². The highest BCUT2D eigenvalue weighted by atomic mass is 79.9. The summed E-state index contributed by atoms with van der Waals surface area (Å²) in [5.41, 5.74) is 2.47. The number of benzene rings is 2. The number of carbonyl (C=O) groups is 2. The van der Waals surface area contributed by atoms with Crippen molar-refractivity contribution in [3.8, 4) is 5.75 Å². The topological polar surface area (TPSA) is 61.9 Å². The number of anilines is 2. The van der Waals surface area contributed by atoms with Crippen LogP contribution in [0.3, 0.4) is 0 Å².